The fourth-order valence-electron chi connectivity index (χ4n) is 1.52. The van der Waals surface area contributed by atoms with Gasteiger partial charge >= 0.3 is 5.37 Å². The lowest BCUT2D eigenvalue weighted by atomic mass is 10.2. The molecule has 0 bridgehead atoms. The number of carbonyl (C=O) groups is 1. The molecule has 0 fully saturated rings. The molecule has 0 saturated carbocycles. The maximum absolute atomic E-state index is 10.9. The second kappa shape index (κ2) is 4.14. The lowest BCUT2D eigenvalue weighted by molar-refractivity contribution is 0.230. The minimum Gasteiger partial charge on any atom is -0.441 e. The van der Waals surface area contributed by atoms with Crippen molar-refractivity contribution in [1.29, 1.82) is 0 Å². The zero-order valence-corrected chi connectivity index (χ0v) is 9.78. The molecule has 1 heterocycles. The van der Waals surface area contributed by atoms with Crippen LogP contribution >= 0.6 is 11.6 Å². The highest BCUT2D eigenvalue weighted by Crippen LogP contribution is 2.17. The Morgan fingerprint density at radius 1 is 1.56 bits per heavy atom. The second-order valence-corrected chi connectivity index (χ2v) is 3.97. The highest BCUT2D eigenvalue weighted by Gasteiger charge is 2.07. The fraction of sp³-hybridized carbons (Fsp3) is 0.273. The Bertz CT molecular complexity index is 536. The molecule has 2 rings (SSSR count). The summed E-state index contributed by atoms with van der Waals surface area (Å²) in [6.45, 7) is 2.26. The van der Waals surface area contributed by atoms with E-state index in [4.69, 9.17) is 16.0 Å². The Balaban J connectivity index is 2.28. The number of rotatable bonds is 2. The van der Waals surface area contributed by atoms with Crippen LogP contribution in [0.15, 0.2) is 22.6 Å². The predicted molar refractivity (Wildman–Crippen MR) is 61.5 cm³/mol. The van der Waals surface area contributed by atoms with E-state index >= 15 is 0 Å². The zero-order valence-electron chi connectivity index (χ0n) is 9.03. The van der Waals surface area contributed by atoms with Crippen LogP contribution in [-0.2, 0) is 6.54 Å². The molecular formula is C11H11ClN2O2. The summed E-state index contributed by atoms with van der Waals surface area (Å²) < 4.78 is 5.40. The van der Waals surface area contributed by atoms with Crippen LogP contribution < -0.4 is 0 Å². The number of nitrogens with zero attached hydrogens (tertiary/aromatic N) is 2. The number of hydrogen-bond acceptors (Lipinski definition) is 3. The Kier molecular flexibility index (Phi) is 2.83. The van der Waals surface area contributed by atoms with Crippen LogP contribution in [0.5, 0.6) is 0 Å². The highest BCUT2D eigenvalue weighted by molar-refractivity contribution is 6.62. The first kappa shape index (κ1) is 11.0. The number of hydrogen-bond donors (Lipinski definition) is 0. The highest BCUT2D eigenvalue weighted by atomic mass is 35.5. The molecule has 0 spiro atoms. The zero-order chi connectivity index (χ0) is 11.7. The van der Waals surface area contributed by atoms with Crippen LogP contribution in [-0.4, -0.2) is 22.3 Å². The summed E-state index contributed by atoms with van der Waals surface area (Å²) in [7, 11) is 1.64. The van der Waals surface area contributed by atoms with Gasteiger partial charge in [-0.15, -0.1) is 0 Å². The molecule has 2 aromatic rings. The standard InChI is InChI=1S/C11H11ClN2O2/c1-7-13-9-4-3-8(5-10(9)16-7)6-14(2)11(12)15/h3-5H,6H2,1-2H3. The van der Waals surface area contributed by atoms with Crippen LogP contribution in [0.3, 0.4) is 0 Å². The maximum Gasteiger partial charge on any atom is 0.316 e. The average molecular weight is 239 g/mol. The summed E-state index contributed by atoms with van der Waals surface area (Å²) in [5, 5.41) is -0.478. The smallest absolute Gasteiger partial charge is 0.316 e. The first-order valence-electron chi connectivity index (χ1n) is 4.83. The van der Waals surface area contributed by atoms with Crippen molar-refractivity contribution in [3.8, 4) is 0 Å². The third-order valence-electron chi connectivity index (χ3n) is 2.28. The van der Waals surface area contributed by atoms with E-state index < -0.39 is 5.37 Å². The molecule has 84 valence electrons. The van der Waals surface area contributed by atoms with Gasteiger partial charge in [-0.1, -0.05) is 6.07 Å². The summed E-state index contributed by atoms with van der Waals surface area (Å²) in [4.78, 5) is 16.5. The molecule has 0 unspecified atom stereocenters. The third kappa shape index (κ3) is 2.17. The number of carbonyl (C=O) groups excluding carboxylic acids is 1. The largest absolute Gasteiger partial charge is 0.441 e. The predicted octanol–water partition coefficient (Wildman–Crippen LogP) is 2.93. The number of halogens is 1. The van der Waals surface area contributed by atoms with Crippen molar-refractivity contribution < 1.29 is 9.21 Å². The molecule has 4 nitrogen and oxygen atoms in total. The van der Waals surface area contributed by atoms with Gasteiger partial charge in [-0.3, -0.25) is 4.79 Å². The van der Waals surface area contributed by atoms with Gasteiger partial charge in [0, 0.05) is 20.5 Å². The Morgan fingerprint density at radius 3 is 3.00 bits per heavy atom. The molecule has 5 heteroatoms. The summed E-state index contributed by atoms with van der Waals surface area (Å²) >= 11 is 5.35. The molecule has 0 aliphatic heterocycles. The topological polar surface area (TPSA) is 46.3 Å². The number of amides is 1. The minimum absolute atomic E-state index is 0.456. The molecular weight excluding hydrogens is 228 g/mol. The normalized spacial score (nSPS) is 10.7. The summed E-state index contributed by atoms with van der Waals surface area (Å²) in [5.41, 5.74) is 2.51. The van der Waals surface area contributed by atoms with Crippen molar-refractivity contribution in [3.63, 3.8) is 0 Å². The Hall–Kier alpha value is -1.55. The van der Waals surface area contributed by atoms with E-state index in [2.05, 4.69) is 4.98 Å². The van der Waals surface area contributed by atoms with Gasteiger partial charge < -0.3 is 9.32 Å². The molecule has 0 saturated heterocycles. The van der Waals surface area contributed by atoms with Crippen molar-refractivity contribution in [3.05, 3.63) is 29.7 Å². The van der Waals surface area contributed by atoms with Gasteiger partial charge in [0.05, 0.1) is 0 Å². The minimum atomic E-state index is -0.478. The van der Waals surface area contributed by atoms with Crippen molar-refractivity contribution >= 4 is 28.1 Å². The Labute approximate surface area is 97.8 Å². The molecule has 16 heavy (non-hydrogen) atoms. The van der Waals surface area contributed by atoms with Gasteiger partial charge in [-0.25, -0.2) is 4.98 Å². The molecule has 0 aliphatic carbocycles. The molecule has 0 radical (unpaired) electrons. The van der Waals surface area contributed by atoms with Crippen LogP contribution in [0.4, 0.5) is 4.79 Å². The van der Waals surface area contributed by atoms with E-state index in [0.717, 1.165) is 16.7 Å². The Morgan fingerprint density at radius 2 is 2.31 bits per heavy atom. The van der Waals surface area contributed by atoms with Crippen molar-refractivity contribution in [2.75, 3.05) is 7.05 Å². The second-order valence-electron chi connectivity index (χ2n) is 3.64. The first-order valence-corrected chi connectivity index (χ1v) is 5.21. The van der Waals surface area contributed by atoms with Crippen LogP contribution in [0.1, 0.15) is 11.5 Å². The van der Waals surface area contributed by atoms with E-state index in [1.54, 1.807) is 14.0 Å². The lowest BCUT2D eigenvalue weighted by Crippen LogP contribution is -2.19. The fourth-order valence-corrected chi connectivity index (χ4v) is 1.58. The summed E-state index contributed by atoms with van der Waals surface area (Å²) in [6.07, 6.45) is 0. The van der Waals surface area contributed by atoms with E-state index in [1.165, 1.54) is 4.90 Å². The average Bonchev–Trinajstić information content (AvgIpc) is 2.57. The number of oxazole rings is 1. The van der Waals surface area contributed by atoms with Crippen molar-refractivity contribution in [1.82, 2.24) is 9.88 Å². The molecule has 1 aromatic heterocycles. The van der Waals surface area contributed by atoms with Crippen LogP contribution in [0.25, 0.3) is 11.1 Å². The number of aromatic nitrogens is 1. The van der Waals surface area contributed by atoms with Gasteiger partial charge in [0.25, 0.3) is 0 Å². The number of aryl methyl sites for hydroxylation is 1. The van der Waals surface area contributed by atoms with Gasteiger partial charge in [0.15, 0.2) is 11.5 Å². The van der Waals surface area contributed by atoms with Crippen molar-refractivity contribution in [2.45, 2.75) is 13.5 Å². The molecule has 1 aromatic carbocycles. The molecule has 0 aliphatic rings. The van der Waals surface area contributed by atoms with Gasteiger partial charge in [-0.05, 0) is 29.3 Å². The molecule has 0 atom stereocenters. The molecule has 1 amide bonds. The summed E-state index contributed by atoms with van der Waals surface area (Å²) in [6, 6.07) is 5.64. The number of fused-ring (bicyclic) bond motifs is 1. The third-order valence-corrected chi connectivity index (χ3v) is 2.57. The monoisotopic (exact) mass is 238 g/mol. The number of benzene rings is 1. The van der Waals surface area contributed by atoms with Crippen LogP contribution in [0, 0.1) is 6.92 Å². The van der Waals surface area contributed by atoms with Crippen molar-refractivity contribution in [2.24, 2.45) is 0 Å². The van der Waals surface area contributed by atoms with E-state index in [0.29, 0.717) is 12.4 Å². The SMILES string of the molecule is Cc1nc2ccc(CN(C)C(=O)Cl)cc2o1. The van der Waals surface area contributed by atoms with Crippen LogP contribution in [0.2, 0.25) is 0 Å². The van der Waals surface area contributed by atoms with Gasteiger partial charge in [-0.2, -0.15) is 0 Å². The van der Waals surface area contributed by atoms with E-state index in [9.17, 15) is 4.79 Å². The lowest BCUT2D eigenvalue weighted by Gasteiger charge is -2.12. The summed E-state index contributed by atoms with van der Waals surface area (Å²) in [5.74, 6) is 0.633. The quantitative estimate of drug-likeness (QED) is 0.597. The van der Waals surface area contributed by atoms with E-state index in [-0.39, 0.29) is 0 Å². The van der Waals surface area contributed by atoms with Gasteiger partial charge in [0.1, 0.15) is 5.52 Å². The first-order chi connectivity index (χ1) is 7.56. The van der Waals surface area contributed by atoms with E-state index in [1.807, 2.05) is 18.2 Å². The maximum atomic E-state index is 10.9. The molecule has 0 N–H and O–H groups in total. The van der Waals surface area contributed by atoms with Gasteiger partial charge in [0.2, 0.25) is 0 Å².